The number of nitrogens with zero attached hydrogens (tertiary/aromatic N) is 3. The predicted molar refractivity (Wildman–Crippen MR) is 122 cm³/mol. The summed E-state index contributed by atoms with van der Waals surface area (Å²) >= 11 is 4.95. The zero-order valence-electron chi connectivity index (χ0n) is 17.1. The molecule has 9 heteroatoms. The Bertz CT molecular complexity index is 1120. The lowest BCUT2D eigenvalue weighted by molar-refractivity contribution is -0.116. The monoisotopic (exact) mass is 487 g/mol. The lowest BCUT2D eigenvalue weighted by Crippen LogP contribution is -2.41. The highest BCUT2D eigenvalue weighted by Crippen LogP contribution is 2.39. The van der Waals surface area contributed by atoms with Gasteiger partial charge in [-0.15, -0.1) is 10.2 Å². The smallest absolute Gasteiger partial charge is 0.240 e. The topological polar surface area (TPSA) is 81.1 Å². The Morgan fingerprint density at radius 3 is 2.70 bits per heavy atom. The fraction of sp³-hybridized carbons (Fsp3) is 0.286. The molecule has 0 fully saturated rings. The zero-order chi connectivity index (χ0) is 21.4. The van der Waals surface area contributed by atoms with Gasteiger partial charge in [0.2, 0.25) is 11.1 Å². The Morgan fingerprint density at radius 1 is 1.20 bits per heavy atom. The third kappa shape index (κ3) is 3.91. The third-order valence-electron chi connectivity index (χ3n) is 5.03. The van der Waals surface area contributed by atoms with E-state index < -0.39 is 5.25 Å². The summed E-state index contributed by atoms with van der Waals surface area (Å²) in [6.07, 6.45) is 0. The fourth-order valence-electron chi connectivity index (χ4n) is 3.44. The Morgan fingerprint density at radius 2 is 2.00 bits per heavy atom. The number of nitrogens with one attached hydrogen (secondary N) is 2. The molecule has 0 radical (unpaired) electrons. The van der Waals surface area contributed by atoms with Gasteiger partial charge in [-0.1, -0.05) is 35.5 Å². The summed E-state index contributed by atoms with van der Waals surface area (Å²) in [5.74, 6) is 1.38. The molecule has 2 heterocycles. The number of fused-ring (bicyclic) bond motifs is 1. The number of ether oxygens (including phenoxy) is 1. The molecular weight excluding hydrogens is 466 g/mol. The summed E-state index contributed by atoms with van der Waals surface area (Å²) in [5, 5.41) is 11.7. The second-order valence-electron chi connectivity index (χ2n) is 7.21. The first-order valence-electron chi connectivity index (χ1n) is 9.44. The van der Waals surface area contributed by atoms with Crippen molar-refractivity contribution in [1.82, 2.24) is 14.9 Å². The second-order valence-corrected chi connectivity index (χ2v) is 9.18. The fourth-order valence-corrected chi connectivity index (χ4v) is 5.13. The van der Waals surface area contributed by atoms with Crippen LogP contribution in [-0.4, -0.2) is 33.1 Å². The average Bonchev–Trinajstić information content (AvgIpc) is 3.09. The van der Waals surface area contributed by atoms with Gasteiger partial charge in [-0.3, -0.25) is 4.79 Å². The van der Waals surface area contributed by atoms with Gasteiger partial charge in [0.25, 0.3) is 0 Å². The minimum Gasteiger partial charge on any atom is -0.496 e. The van der Waals surface area contributed by atoms with Crippen LogP contribution in [0.2, 0.25) is 0 Å². The van der Waals surface area contributed by atoms with Crippen molar-refractivity contribution in [1.29, 1.82) is 0 Å². The van der Waals surface area contributed by atoms with E-state index in [9.17, 15) is 4.79 Å². The molecule has 0 aliphatic carbocycles. The molecule has 1 aliphatic rings. The van der Waals surface area contributed by atoms with E-state index >= 15 is 0 Å². The zero-order valence-corrected chi connectivity index (χ0v) is 19.5. The largest absolute Gasteiger partial charge is 0.496 e. The minimum atomic E-state index is -0.443. The molecule has 2 aromatic carbocycles. The van der Waals surface area contributed by atoms with Crippen molar-refractivity contribution in [3.05, 3.63) is 63.4 Å². The molecule has 2 N–H and O–H groups in total. The predicted octanol–water partition coefficient (Wildman–Crippen LogP) is 4.37. The highest BCUT2D eigenvalue weighted by Gasteiger charge is 2.37. The van der Waals surface area contributed by atoms with Crippen LogP contribution in [0.1, 0.15) is 28.6 Å². The Kier molecular flexibility index (Phi) is 5.75. The van der Waals surface area contributed by atoms with Gasteiger partial charge in [0.15, 0.2) is 0 Å². The summed E-state index contributed by atoms with van der Waals surface area (Å²) in [6.45, 7) is 5.90. The number of rotatable bonds is 4. The van der Waals surface area contributed by atoms with E-state index in [0.29, 0.717) is 5.16 Å². The highest BCUT2D eigenvalue weighted by atomic mass is 79.9. The molecule has 4 rings (SSSR count). The summed E-state index contributed by atoms with van der Waals surface area (Å²) in [6, 6.07) is 11.5. The van der Waals surface area contributed by atoms with Crippen LogP contribution in [0.4, 0.5) is 5.69 Å². The van der Waals surface area contributed by atoms with Crippen LogP contribution in [-0.2, 0) is 4.79 Å². The van der Waals surface area contributed by atoms with Crippen LogP contribution in [0.5, 0.6) is 5.75 Å². The van der Waals surface area contributed by atoms with Crippen LogP contribution < -0.4 is 15.5 Å². The highest BCUT2D eigenvalue weighted by molar-refractivity contribution is 9.10. The van der Waals surface area contributed by atoms with Gasteiger partial charge < -0.3 is 15.5 Å². The molecule has 0 saturated carbocycles. The van der Waals surface area contributed by atoms with Gasteiger partial charge in [0.1, 0.15) is 16.8 Å². The van der Waals surface area contributed by atoms with E-state index in [1.807, 2.05) is 55.8 Å². The molecule has 0 bridgehead atoms. The quantitative estimate of drug-likeness (QED) is 0.568. The van der Waals surface area contributed by atoms with Crippen molar-refractivity contribution in [2.24, 2.45) is 0 Å². The number of carbonyl (C=O) groups is 1. The molecule has 0 spiro atoms. The molecule has 7 nitrogen and oxygen atoms in total. The number of hydrogen-bond acceptors (Lipinski definition) is 6. The van der Waals surface area contributed by atoms with Crippen LogP contribution >= 0.6 is 27.7 Å². The van der Waals surface area contributed by atoms with Crippen molar-refractivity contribution in [3.8, 4) is 5.75 Å². The maximum atomic E-state index is 13.3. The van der Waals surface area contributed by atoms with Crippen molar-refractivity contribution >= 4 is 39.3 Å². The van der Waals surface area contributed by atoms with Gasteiger partial charge in [-0.2, -0.15) is 0 Å². The number of anilines is 1. The van der Waals surface area contributed by atoms with Crippen LogP contribution in [0, 0.1) is 20.8 Å². The van der Waals surface area contributed by atoms with Crippen molar-refractivity contribution in [2.45, 2.75) is 37.2 Å². The summed E-state index contributed by atoms with van der Waals surface area (Å²) in [4.78, 5) is 13.3. The van der Waals surface area contributed by atoms with Gasteiger partial charge in [-0.05, 0) is 66.0 Å². The first kappa shape index (κ1) is 20.7. The van der Waals surface area contributed by atoms with E-state index in [1.165, 1.54) is 11.8 Å². The van der Waals surface area contributed by atoms with Gasteiger partial charge in [0, 0.05) is 5.69 Å². The van der Waals surface area contributed by atoms with E-state index in [0.717, 1.165) is 38.4 Å². The lowest BCUT2D eigenvalue weighted by Gasteiger charge is -2.33. The molecular formula is C21H22BrN5O2S. The van der Waals surface area contributed by atoms with Crippen molar-refractivity contribution < 1.29 is 9.53 Å². The summed E-state index contributed by atoms with van der Waals surface area (Å²) < 4.78 is 8.01. The molecule has 3 aromatic rings. The number of amides is 1. The van der Waals surface area contributed by atoms with E-state index in [2.05, 4.69) is 42.9 Å². The first-order chi connectivity index (χ1) is 14.4. The molecule has 1 aliphatic heterocycles. The molecule has 0 saturated heterocycles. The van der Waals surface area contributed by atoms with Gasteiger partial charge in [0.05, 0.1) is 17.6 Å². The minimum absolute atomic E-state index is 0.0942. The number of hydrogen-bond donors (Lipinski definition) is 2. The van der Waals surface area contributed by atoms with Crippen LogP contribution in [0.15, 0.2) is 46.0 Å². The molecule has 1 amide bonds. The van der Waals surface area contributed by atoms with Gasteiger partial charge in [-0.25, -0.2) is 4.68 Å². The number of aromatic nitrogens is 3. The number of aryl methyl sites for hydroxylation is 3. The Hall–Kier alpha value is -2.52. The molecule has 0 unspecified atom stereocenters. The van der Waals surface area contributed by atoms with E-state index in [1.54, 1.807) is 7.11 Å². The normalized spacial score (nSPS) is 17.8. The maximum Gasteiger partial charge on any atom is 0.240 e. The SMILES string of the molecule is COc1ccc([C@@H]2Nn3c(C)nnc3S[C@@H]2C(=O)Nc2ccc(C)cc2C)cc1Br. The number of thioether (sulfide) groups is 1. The maximum absolute atomic E-state index is 13.3. The molecule has 1 aromatic heterocycles. The van der Waals surface area contributed by atoms with E-state index in [4.69, 9.17) is 4.74 Å². The van der Waals surface area contributed by atoms with Crippen LogP contribution in [0.3, 0.4) is 0 Å². The van der Waals surface area contributed by atoms with Crippen LogP contribution in [0.25, 0.3) is 0 Å². The summed E-state index contributed by atoms with van der Waals surface area (Å²) in [5.41, 5.74) is 7.36. The average molecular weight is 488 g/mol. The van der Waals surface area contributed by atoms with Crippen molar-refractivity contribution in [3.63, 3.8) is 0 Å². The molecule has 2 atom stereocenters. The lowest BCUT2D eigenvalue weighted by atomic mass is 10.0. The number of carbonyl (C=O) groups excluding carboxylic acids is 1. The van der Waals surface area contributed by atoms with Gasteiger partial charge >= 0.3 is 0 Å². The number of benzene rings is 2. The standard InChI is InChI=1S/C21H22BrN5O2S/c1-11-5-7-16(12(2)9-11)23-20(28)19-18(14-6-8-17(29-4)15(22)10-14)26-27-13(3)24-25-21(27)30-19/h5-10,18-19,26H,1-4H3,(H,23,28)/t18-,19-/m0/s1. The number of halogens is 1. The number of methoxy groups -OCH3 is 1. The summed E-state index contributed by atoms with van der Waals surface area (Å²) in [7, 11) is 1.63. The van der Waals surface area contributed by atoms with Crippen molar-refractivity contribution in [2.75, 3.05) is 17.9 Å². The molecule has 30 heavy (non-hydrogen) atoms. The Labute approximate surface area is 187 Å². The van der Waals surface area contributed by atoms with E-state index in [-0.39, 0.29) is 11.9 Å². The molecule has 156 valence electrons. The first-order valence-corrected chi connectivity index (χ1v) is 11.1. The Balaban J connectivity index is 1.69. The second kappa shape index (κ2) is 8.31. The third-order valence-corrected chi connectivity index (χ3v) is 6.87.